The van der Waals surface area contributed by atoms with Gasteiger partial charge in [-0.2, -0.15) is 0 Å². The number of unbranched alkanes of at least 4 members (excludes halogenated alkanes) is 1. The topological polar surface area (TPSA) is 46.6 Å². The van der Waals surface area contributed by atoms with Crippen LogP contribution < -0.4 is 0 Å². The first kappa shape index (κ1) is 24.8. The first-order chi connectivity index (χ1) is 14.4. The molecule has 4 nitrogen and oxygen atoms in total. The average Bonchev–Trinajstić information content (AvgIpc) is 2.95. The Morgan fingerprint density at radius 2 is 2.00 bits per heavy atom. The van der Waals surface area contributed by atoms with Crippen molar-refractivity contribution in [2.75, 3.05) is 18.9 Å². The molecule has 1 atom stereocenters. The van der Waals surface area contributed by atoms with E-state index in [1.54, 1.807) is 11.8 Å². The zero-order chi connectivity index (χ0) is 21.9. The Morgan fingerprint density at radius 3 is 2.70 bits per heavy atom. The quantitative estimate of drug-likeness (QED) is 0.324. The standard InChI is InChI=1S/C25H39NO3S/c1-5-7-9-20(6-2)18-29-24(27)13-15-30-23-12-11-22-17-26(25(28)19(3)4)14-8-10-21(22)16-23/h11-12,16,19-20H,5-10,13-15,17-18H2,1-4H3. The lowest BCUT2D eigenvalue weighted by Gasteiger charge is -2.23. The fraction of sp³-hybridized carbons (Fsp3) is 0.680. The third-order valence-electron chi connectivity index (χ3n) is 5.82. The highest BCUT2D eigenvalue weighted by molar-refractivity contribution is 7.99. The van der Waals surface area contributed by atoms with Crippen LogP contribution in [0.15, 0.2) is 23.1 Å². The molecule has 0 saturated heterocycles. The van der Waals surface area contributed by atoms with E-state index in [4.69, 9.17) is 4.74 Å². The molecular formula is C25H39NO3S. The molecule has 1 aromatic carbocycles. The third-order valence-corrected chi connectivity index (χ3v) is 6.81. The maximum absolute atomic E-state index is 12.4. The molecule has 0 N–H and O–H groups in total. The number of nitrogens with zero attached hydrogens (tertiary/aromatic N) is 1. The zero-order valence-electron chi connectivity index (χ0n) is 19.2. The molecule has 1 heterocycles. The molecule has 0 radical (unpaired) electrons. The van der Waals surface area contributed by atoms with Crippen molar-refractivity contribution >= 4 is 23.6 Å². The van der Waals surface area contributed by atoms with Crippen LogP contribution >= 0.6 is 11.8 Å². The largest absolute Gasteiger partial charge is 0.465 e. The Labute approximate surface area is 187 Å². The predicted molar refractivity (Wildman–Crippen MR) is 125 cm³/mol. The van der Waals surface area contributed by atoms with Crippen LogP contribution in [0, 0.1) is 11.8 Å². The Bertz CT molecular complexity index is 689. The fourth-order valence-electron chi connectivity index (χ4n) is 3.81. The van der Waals surface area contributed by atoms with Crippen LogP contribution in [0.3, 0.4) is 0 Å². The summed E-state index contributed by atoms with van der Waals surface area (Å²) in [6.45, 7) is 10.4. The van der Waals surface area contributed by atoms with Gasteiger partial charge < -0.3 is 9.64 Å². The summed E-state index contributed by atoms with van der Waals surface area (Å²) in [7, 11) is 0. The Hall–Kier alpha value is -1.49. The van der Waals surface area contributed by atoms with Crippen molar-refractivity contribution in [1.82, 2.24) is 4.90 Å². The summed E-state index contributed by atoms with van der Waals surface area (Å²) < 4.78 is 5.50. The second-order valence-corrected chi connectivity index (χ2v) is 9.81. The van der Waals surface area contributed by atoms with E-state index in [-0.39, 0.29) is 17.8 Å². The van der Waals surface area contributed by atoms with Crippen molar-refractivity contribution in [3.05, 3.63) is 29.3 Å². The highest BCUT2D eigenvalue weighted by atomic mass is 32.2. The van der Waals surface area contributed by atoms with E-state index in [0.29, 0.717) is 25.5 Å². The van der Waals surface area contributed by atoms with Gasteiger partial charge in [-0.1, -0.05) is 53.0 Å². The summed E-state index contributed by atoms with van der Waals surface area (Å²) in [6, 6.07) is 6.52. The number of benzene rings is 1. The van der Waals surface area contributed by atoms with Crippen LogP contribution in [0.25, 0.3) is 0 Å². The van der Waals surface area contributed by atoms with Crippen molar-refractivity contribution in [3.63, 3.8) is 0 Å². The molecule has 1 unspecified atom stereocenters. The SMILES string of the molecule is CCCCC(CC)COC(=O)CCSc1ccc2c(c1)CCCN(C(=O)C(C)C)C2. The maximum atomic E-state index is 12.4. The van der Waals surface area contributed by atoms with Crippen LogP contribution in [0.1, 0.15) is 77.3 Å². The van der Waals surface area contributed by atoms with Gasteiger partial charge in [0.05, 0.1) is 13.0 Å². The molecule has 0 bridgehead atoms. The van der Waals surface area contributed by atoms with Crippen LogP contribution in [-0.2, 0) is 27.3 Å². The van der Waals surface area contributed by atoms with Gasteiger partial charge in [-0.25, -0.2) is 0 Å². The van der Waals surface area contributed by atoms with E-state index in [1.165, 1.54) is 28.9 Å². The van der Waals surface area contributed by atoms with Gasteiger partial charge in [-0.3, -0.25) is 9.59 Å². The van der Waals surface area contributed by atoms with Crippen LogP contribution in [0.5, 0.6) is 0 Å². The summed E-state index contributed by atoms with van der Waals surface area (Å²) in [5, 5.41) is 0. The van der Waals surface area contributed by atoms with E-state index >= 15 is 0 Å². The van der Waals surface area contributed by atoms with Gasteiger partial charge in [0.15, 0.2) is 0 Å². The van der Waals surface area contributed by atoms with E-state index in [2.05, 4.69) is 32.0 Å². The fourth-order valence-corrected chi connectivity index (χ4v) is 4.70. The highest BCUT2D eigenvalue weighted by Gasteiger charge is 2.21. The number of hydrogen-bond donors (Lipinski definition) is 0. The number of ether oxygens (including phenoxy) is 1. The minimum atomic E-state index is -0.0879. The lowest BCUT2D eigenvalue weighted by Crippen LogP contribution is -2.33. The van der Waals surface area contributed by atoms with Crippen LogP contribution in [0.4, 0.5) is 0 Å². The normalized spacial score (nSPS) is 14.9. The molecule has 1 aliphatic heterocycles. The van der Waals surface area contributed by atoms with Gasteiger partial charge in [0.2, 0.25) is 5.91 Å². The van der Waals surface area contributed by atoms with Crippen molar-refractivity contribution in [3.8, 4) is 0 Å². The summed E-state index contributed by atoms with van der Waals surface area (Å²) in [5.41, 5.74) is 2.59. The average molecular weight is 434 g/mol. The summed E-state index contributed by atoms with van der Waals surface area (Å²) in [6.07, 6.45) is 7.05. The molecule has 5 heteroatoms. The molecule has 0 aliphatic carbocycles. The summed E-state index contributed by atoms with van der Waals surface area (Å²) >= 11 is 1.71. The summed E-state index contributed by atoms with van der Waals surface area (Å²) in [4.78, 5) is 27.6. The number of thioether (sulfide) groups is 1. The number of esters is 1. The number of hydrogen-bond acceptors (Lipinski definition) is 4. The van der Waals surface area contributed by atoms with E-state index < -0.39 is 0 Å². The molecule has 2 rings (SSSR count). The Kier molecular flexibility index (Phi) is 10.8. The molecule has 0 spiro atoms. The number of carbonyl (C=O) groups is 2. The molecule has 0 aromatic heterocycles. The van der Waals surface area contributed by atoms with Crippen molar-refractivity contribution in [1.29, 1.82) is 0 Å². The molecular weight excluding hydrogens is 394 g/mol. The second-order valence-electron chi connectivity index (χ2n) is 8.65. The van der Waals surface area contributed by atoms with Gasteiger partial charge >= 0.3 is 5.97 Å². The number of amides is 1. The third kappa shape index (κ3) is 7.98. The summed E-state index contributed by atoms with van der Waals surface area (Å²) in [5.74, 6) is 1.42. The first-order valence-electron chi connectivity index (χ1n) is 11.6. The maximum Gasteiger partial charge on any atom is 0.306 e. The molecule has 0 fully saturated rings. The lowest BCUT2D eigenvalue weighted by molar-refractivity contribution is -0.144. The highest BCUT2D eigenvalue weighted by Crippen LogP contribution is 2.26. The van der Waals surface area contributed by atoms with Gasteiger partial charge in [-0.05, 0) is 48.4 Å². The molecule has 1 aromatic rings. The Morgan fingerprint density at radius 1 is 1.20 bits per heavy atom. The smallest absolute Gasteiger partial charge is 0.306 e. The number of aryl methyl sites for hydroxylation is 1. The number of carbonyl (C=O) groups excluding carboxylic acids is 2. The monoisotopic (exact) mass is 433 g/mol. The van der Waals surface area contributed by atoms with E-state index in [0.717, 1.165) is 38.0 Å². The molecule has 1 amide bonds. The number of fused-ring (bicyclic) bond motifs is 1. The zero-order valence-corrected chi connectivity index (χ0v) is 20.1. The van der Waals surface area contributed by atoms with Gasteiger partial charge in [0.1, 0.15) is 0 Å². The van der Waals surface area contributed by atoms with Gasteiger partial charge in [-0.15, -0.1) is 11.8 Å². The van der Waals surface area contributed by atoms with Crippen LogP contribution in [0.2, 0.25) is 0 Å². The second kappa shape index (κ2) is 13.0. The van der Waals surface area contributed by atoms with Crippen molar-refractivity contribution in [2.45, 2.75) is 84.1 Å². The molecule has 1 aliphatic rings. The minimum Gasteiger partial charge on any atom is -0.465 e. The van der Waals surface area contributed by atoms with Gasteiger partial charge in [0, 0.05) is 29.7 Å². The van der Waals surface area contributed by atoms with E-state index in [1.807, 2.05) is 18.7 Å². The van der Waals surface area contributed by atoms with Crippen molar-refractivity contribution in [2.24, 2.45) is 11.8 Å². The molecule has 30 heavy (non-hydrogen) atoms. The minimum absolute atomic E-state index is 0.0420. The Balaban J connectivity index is 1.80. The van der Waals surface area contributed by atoms with Crippen LogP contribution in [-0.4, -0.2) is 35.7 Å². The van der Waals surface area contributed by atoms with Crippen molar-refractivity contribution < 1.29 is 14.3 Å². The predicted octanol–water partition coefficient (Wildman–Crippen LogP) is 5.86. The lowest BCUT2D eigenvalue weighted by atomic mass is 10.0. The number of rotatable bonds is 11. The van der Waals surface area contributed by atoms with Gasteiger partial charge in [0.25, 0.3) is 0 Å². The van der Waals surface area contributed by atoms with E-state index in [9.17, 15) is 9.59 Å². The molecule has 0 saturated carbocycles. The molecule has 168 valence electrons. The first-order valence-corrected chi connectivity index (χ1v) is 12.6.